The summed E-state index contributed by atoms with van der Waals surface area (Å²) in [4.78, 5) is 62.6. The number of carbonyl (C=O) groups excluding carboxylic acids is 4. The number of amides is 1. The van der Waals surface area contributed by atoms with Gasteiger partial charge in [0.2, 0.25) is 5.91 Å². The zero-order chi connectivity index (χ0) is 70.1. The topological polar surface area (TPSA) is 161 Å². The number of rotatable bonds is 33. The maximum Gasteiger partial charge on any atom is 0.318 e. The van der Waals surface area contributed by atoms with Gasteiger partial charge in [-0.3, -0.25) is 24.2 Å². The third-order valence-corrected chi connectivity index (χ3v) is 19.3. The molecule has 0 aliphatic carbocycles. The Balaban J connectivity index is 0.000000581. The molecule has 13 nitrogen and oxygen atoms in total. The van der Waals surface area contributed by atoms with Gasteiger partial charge in [0, 0.05) is 86.3 Å². The number of aliphatic hydroxyl groups is 1. The number of aldehydes is 1. The second-order valence-electron chi connectivity index (χ2n) is 26.4. The Bertz CT molecular complexity index is 3330. The number of carbonyl (C=O) groups is 4. The summed E-state index contributed by atoms with van der Waals surface area (Å²) < 4.78 is 23.8. The van der Waals surface area contributed by atoms with Crippen LogP contribution in [0.1, 0.15) is 242 Å². The number of anilines is 2. The van der Waals surface area contributed by atoms with Crippen molar-refractivity contribution in [3.8, 4) is 29.6 Å². The molecule has 1 saturated heterocycles. The fourth-order valence-corrected chi connectivity index (χ4v) is 13.9. The molecule has 1 aliphatic heterocycles. The summed E-state index contributed by atoms with van der Waals surface area (Å²) >= 11 is 0. The molecule has 1 fully saturated rings. The van der Waals surface area contributed by atoms with E-state index in [0.29, 0.717) is 72.1 Å². The minimum Gasteiger partial charge on any atom is -0.463 e. The van der Waals surface area contributed by atoms with Crippen LogP contribution in [0.5, 0.6) is 6.01 Å². The number of hydrogen-bond donors (Lipinski definition) is 1. The number of allylic oxidation sites excluding steroid dienone is 1. The van der Waals surface area contributed by atoms with Gasteiger partial charge in [-0.2, -0.15) is 15.1 Å². The van der Waals surface area contributed by atoms with Gasteiger partial charge in [0.25, 0.3) is 0 Å². The molecule has 94 heavy (non-hydrogen) atoms. The van der Waals surface area contributed by atoms with Crippen LogP contribution in [0.25, 0.3) is 43.8 Å². The Morgan fingerprint density at radius 2 is 1.53 bits per heavy atom. The summed E-state index contributed by atoms with van der Waals surface area (Å²) in [6.07, 6.45) is 31.9. The average molecular weight is 1310 g/mol. The Morgan fingerprint density at radius 1 is 0.872 bits per heavy atom. The fourth-order valence-electron chi connectivity index (χ4n) is 13.4. The van der Waals surface area contributed by atoms with Gasteiger partial charge in [-0.1, -0.05) is 182 Å². The van der Waals surface area contributed by atoms with Crippen molar-refractivity contribution in [2.75, 3.05) is 43.2 Å². The molecule has 15 heteroatoms. The molecule has 0 radical (unpaired) electrons. The molecule has 3 aromatic heterocycles. The van der Waals surface area contributed by atoms with Gasteiger partial charge in [0.05, 0.1) is 34.3 Å². The Kier molecular flexibility index (Phi) is 37.3. The summed E-state index contributed by atoms with van der Waals surface area (Å²) in [7, 11) is 5.81. The number of aromatic nitrogens is 5. The average Bonchev–Trinajstić information content (AvgIpc) is 0.888. The lowest BCUT2D eigenvalue weighted by atomic mass is 9.76. The van der Waals surface area contributed by atoms with Crippen molar-refractivity contribution in [3.05, 3.63) is 83.8 Å². The van der Waals surface area contributed by atoms with E-state index in [4.69, 9.17) is 36.0 Å². The van der Waals surface area contributed by atoms with Gasteiger partial charge < -0.3 is 24.3 Å². The quantitative estimate of drug-likeness (QED) is 0.0181. The van der Waals surface area contributed by atoms with Crippen LogP contribution in [-0.2, 0) is 26.2 Å². The Morgan fingerprint density at radius 3 is 2.13 bits per heavy atom. The van der Waals surface area contributed by atoms with Gasteiger partial charge in [-0.25, -0.2) is 4.39 Å². The molecule has 8 unspecified atom stereocenters. The predicted octanol–water partition coefficient (Wildman–Crippen LogP) is 18.9. The molecule has 3 aromatic carbocycles. The number of halogens is 1. The summed E-state index contributed by atoms with van der Waals surface area (Å²) in [5.74, 6) is 6.76. The molecule has 4 heterocycles. The van der Waals surface area contributed by atoms with E-state index in [1.165, 1.54) is 107 Å². The number of Topliss-reactive ketones (excluding diaryl/α,β-unsaturated/α-hetero) is 1. The number of nitrogens with zero attached hydrogens (tertiary/aromatic N) is 7. The molecule has 7 rings (SSSR count). The normalized spacial score (nSPS) is 15.6. The first-order chi connectivity index (χ1) is 45.2. The Hall–Kier alpha value is -6.42. The Labute approximate surface area is 568 Å². The first kappa shape index (κ1) is 81.8. The lowest BCUT2D eigenvalue weighted by Crippen LogP contribution is -2.31. The van der Waals surface area contributed by atoms with Crippen LogP contribution in [0, 0.1) is 53.2 Å². The summed E-state index contributed by atoms with van der Waals surface area (Å²) in [6.45, 7) is 36.6. The third-order valence-electron chi connectivity index (χ3n) is 18.8. The number of hydrogen-bond acceptors (Lipinski definition) is 11. The number of ketones is 1. The van der Waals surface area contributed by atoms with Gasteiger partial charge in [-0.15, -0.1) is 15.7 Å². The lowest BCUT2D eigenvalue weighted by molar-refractivity contribution is -0.117. The highest BCUT2D eigenvalue weighted by Gasteiger charge is 2.31. The zero-order valence-electron chi connectivity index (χ0n) is 60.5. The molecule has 8 atom stereocenters. The standard InChI is InChI=1S/C53H74FN4O2P.C22H33N3O2.C2H6.CH4O.CH2O/c1-10-16-40(24-22-39(13-4)23-25-41(34-59)17-11-2)28-29-53(9,30-36(6)12-3)35-60-52-56-49-45(51(57-52)58-32-37(7)20-21-38(8)33-58)31-55-48(50(49)61)44-19-15-18-42-26-27-46(54)43(14-5)47(42)44;1-6-8-10-18(9-7-2)19-11-12-20-21(15-19)24(5)23-22(20)25(17(4)27)14-13-16(3)26;3*1-2/h5,15,18-19,26-27,31,34,37-41H,6,10-13,16-17,20-25,28-30,32-33,35,61H2,1-4,7-9H3;11-12,15,18H,6-10,13-14H2,1-5H3;1-2H3;2H,1H3;1H2. The largest absolute Gasteiger partial charge is 0.463 e. The van der Waals surface area contributed by atoms with Crippen LogP contribution in [-0.4, -0.2) is 88.0 Å². The van der Waals surface area contributed by atoms with Crippen molar-refractivity contribution in [1.29, 1.82) is 0 Å². The molecule has 0 bridgehead atoms. The number of pyridine rings is 1. The summed E-state index contributed by atoms with van der Waals surface area (Å²) in [6, 6.07) is 15.9. The van der Waals surface area contributed by atoms with Crippen LogP contribution in [0.2, 0.25) is 0 Å². The number of unbranched alkanes of at least 4 members (excludes halogenated alkanes) is 1. The number of fused-ring (bicyclic) bond motifs is 3. The van der Waals surface area contributed by atoms with Gasteiger partial charge in [0.1, 0.15) is 30.5 Å². The minimum atomic E-state index is -0.426. The highest BCUT2D eigenvalue weighted by Crippen LogP contribution is 2.40. The first-order valence-electron chi connectivity index (χ1n) is 35.4. The van der Waals surface area contributed by atoms with Crippen LogP contribution >= 0.6 is 9.24 Å². The van der Waals surface area contributed by atoms with E-state index >= 15 is 4.39 Å². The molecule has 518 valence electrons. The van der Waals surface area contributed by atoms with Crippen molar-refractivity contribution in [1.82, 2.24) is 24.7 Å². The number of terminal acetylenes is 1. The number of ether oxygens (including phenoxy) is 1. The second-order valence-corrected chi connectivity index (χ2v) is 27.0. The number of benzene rings is 3. The summed E-state index contributed by atoms with van der Waals surface area (Å²) in [5, 5.41) is 15.8. The molecule has 1 N–H and O–H groups in total. The van der Waals surface area contributed by atoms with Crippen molar-refractivity contribution >= 4 is 83.5 Å². The highest BCUT2D eigenvalue weighted by atomic mass is 31.0. The van der Waals surface area contributed by atoms with Gasteiger partial charge in [0.15, 0.2) is 5.82 Å². The van der Waals surface area contributed by atoms with Crippen LogP contribution in [0.3, 0.4) is 0 Å². The van der Waals surface area contributed by atoms with E-state index < -0.39 is 5.82 Å². The minimum absolute atomic E-state index is 0.0714. The van der Waals surface area contributed by atoms with E-state index in [9.17, 15) is 14.4 Å². The van der Waals surface area contributed by atoms with Crippen molar-refractivity contribution in [2.24, 2.45) is 42.1 Å². The van der Waals surface area contributed by atoms with E-state index in [0.717, 1.165) is 115 Å². The highest BCUT2D eigenvalue weighted by molar-refractivity contribution is 7.28. The molecular weight excluding hydrogens is 1190 g/mol. The maximum absolute atomic E-state index is 15.1. The van der Waals surface area contributed by atoms with E-state index in [2.05, 4.69) is 112 Å². The molecule has 0 spiro atoms. The van der Waals surface area contributed by atoms with E-state index in [-0.39, 0.29) is 28.6 Å². The molecule has 0 saturated carbocycles. The van der Waals surface area contributed by atoms with E-state index in [1.54, 1.807) is 17.9 Å². The maximum atomic E-state index is 15.1. The van der Waals surface area contributed by atoms with Crippen LogP contribution in [0.15, 0.2) is 66.9 Å². The van der Waals surface area contributed by atoms with E-state index in [1.807, 2.05) is 56.8 Å². The summed E-state index contributed by atoms with van der Waals surface area (Å²) in [5.41, 5.74) is 5.88. The van der Waals surface area contributed by atoms with Crippen LogP contribution < -0.4 is 19.8 Å². The van der Waals surface area contributed by atoms with Gasteiger partial charge >= 0.3 is 6.01 Å². The SMILES string of the molecule is C#Cc1c(F)ccc2cccc(-c3ncc4c(N5CC(C)CCC(C)C5)nc(OCC(C)(CCC(CCC)CCC(CC)CCC(C=O)CCC)CC(=C)CC)nc4c3P)c12.C=O.CC.CCCCC(CCC)c1ccc2c(N(CCC(C)=O)C(C)=O)nn(C)c2c1.CO. The molecular formula is C79H119FN7O6P. The van der Waals surface area contributed by atoms with Crippen molar-refractivity contribution < 1.29 is 33.4 Å². The van der Waals surface area contributed by atoms with Crippen LogP contribution in [0.4, 0.5) is 16.0 Å². The van der Waals surface area contributed by atoms with Crippen molar-refractivity contribution in [3.63, 3.8) is 0 Å². The number of aryl methyl sites for hydroxylation is 1. The van der Waals surface area contributed by atoms with Crippen molar-refractivity contribution in [2.45, 2.75) is 231 Å². The molecule has 6 aromatic rings. The zero-order valence-corrected chi connectivity index (χ0v) is 61.6. The predicted molar refractivity (Wildman–Crippen MR) is 397 cm³/mol. The number of aliphatic hydroxyl groups excluding tert-OH is 1. The third kappa shape index (κ3) is 23.7. The first-order valence-corrected chi connectivity index (χ1v) is 35.9. The van der Waals surface area contributed by atoms with Gasteiger partial charge in [-0.05, 0) is 136 Å². The fraction of sp³-hybridized carbons (Fsp3) is 0.595. The smallest absolute Gasteiger partial charge is 0.318 e. The lowest BCUT2D eigenvalue weighted by Gasteiger charge is -2.32. The molecule has 1 aliphatic rings. The molecule has 1 amide bonds. The second kappa shape index (κ2) is 42.9. The monoisotopic (exact) mass is 1310 g/mol.